The van der Waals surface area contributed by atoms with E-state index in [-0.39, 0.29) is 0 Å². The molecule has 0 spiro atoms. The molecule has 6 aromatic rings. The summed E-state index contributed by atoms with van der Waals surface area (Å²) in [7, 11) is 0. The number of hydrogen-bond acceptors (Lipinski definition) is 6. The van der Waals surface area contributed by atoms with Crippen molar-refractivity contribution >= 4 is 71.4 Å². The SMILES string of the molecule is Sc1ccc(Sc2ccc(Sc3ccc(Sc4ccc(Sc5ccc(Sc6ccccc6)cc5)cc4)cc3)cc2)cc1. The third-order valence-corrected chi connectivity index (χ3v) is 11.4. The minimum absolute atomic E-state index is 0.986. The Bertz CT molecular complexity index is 1700. The van der Waals surface area contributed by atoms with Gasteiger partial charge in [-0.3, -0.25) is 0 Å². The minimum Gasteiger partial charge on any atom is -0.143 e. The Morgan fingerprint density at radius 2 is 0.429 bits per heavy atom. The standard InChI is InChI=1S/C36H26S6/c37-26-6-8-28(9-7-26)39-30-14-16-32(17-15-30)41-34-22-24-36(25-23-34)42-35-20-18-33(19-21-35)40-31-12-10-29(11-13-31)38-27-4-2-1-3-5-27/h1-25,37H. The maximum atomic E-state index is 4.37. The van der Waals surface area contributed by atoms with Gasteiger partial charge in [-0.1, -0.05) is 77.0 Å². The van der Waals surface area contributed by atoms with Gasteiger partial charge >= 0.3 is 0 Å². The molecule has 0 radical (unpaired) electrons. The van der Waals surface area contributed by atoms with Gasteiger partial charge in [0, 0.05) is 53.9 Å². The highest BCUT2D eigenvalue weighted by molar-refractivity contribution is 8.00. The van der Waals surface area contributed by atoms with E-state index in [0.29, 0.717) is 0 Å². The average Bonchev–Trinajstić information content (AvgIpc) is 3.03. The van der Waals surface area contributed by atoms with Crippen molar-refractivity contribution in [1.82, 2.24) is 0 Å². The van der Waals surface area contributed by atoms with E-state index in [2.05, 4.69) is 152 Å². The summed E-state index contributed by atoms with van der Waals surface area (Å²) in [6.45, 7) is 0. The lowest BCUT2D eigenvalue weighted by atomic mass is 10.3. The van der Waals surface area contributed by atoms with Gasteiger partial charge in [0.25, 0.3) is 0 Å². The lowest BCUT2D eigenvalue weighted by Crippen LogP contribution is -1.79. The van der Waals surface area contributed by atoms with Gasteiger partial charge in [0.1, 0.15) is 0 Å². The van der Waals surface area contributed by atoms with Gasteiger partial charge in [-0.05, 0) is 133 Å². The fourth-order valence-corrected chi connectivity index (χ4v) is 8.24. The van der Waals surface area contributed by atoms with Crippen molar-refractivity contribution in [2.24, 2.45) is 0 Å². The number of rotatable bonds is 10. The number of thiol groups is 1. The molecule has 0 fully saturated rings. The zero-order chi connectivity index (χ0) is 28.6. The summed E-state index contributed by atoms with van der Waals surface area (Å²) in [6, 6.07) is 54.0. The van der Waals surface area contributed by atoms with Crippen LogP contribution in [0.1, 0.15) is 0 Å². The second kappa shape index (κ2) is 14.7. The Balaban J connectivity index is 0.991. The Morgan fingerprint density at radius 1 is 0.238 bits per heavy atom. The first-order valence-corrected chi connectivity index (χ1v) is 17.8. The molecule has 0 amide bonds. The molecule has 0 N–H and O–H groups in total. The molecule has 0 saturated heterocycles. The van der Waals surface area contributed by atoms with Crippen molar-refractivity contribution < 1.29 is 0 Å². The molecule has 6 rings (SSSR count). The van der Waals surface area contributed by atoms with Crippen LogP contribution >= 0.6 is 71.4 Å². The Morgan fingerprint density at radius 3 is 0.667 bits per heavy atom. The first-order chi connectivity index (χ1) is 20.6. The Hall–Kier alpha value is -2.58. The molecule has 0 heterocycles. The predicted molar refractivity (Wildman–Crippen MR) is 187 cm³/mol. The monoisotopic (exact) mass is 650 g/mol. The van der Waals surface area contributed by atoms with Gasteiger partial charge in [-0.2, -0.15) is 0 Å². The largest absolute Gasteiger partial charge is 0.143 e. The van der Waals surface area contributed by atoms with Gasteiger partial charge in [0.2, 0.25) is 0 Å². The second-order valence-corrected chi connectivity index (χ2v) is 15.5. The summed E-state index contributed by atoms with van der Waals surface area (Å²) in [5.41, 5.74) is 0. The van der Waals surface area contributed by atoms with Crippen molar-refractivity contribution in [2.45, 2.75) is 53.9 Å². The fourth-order valence-electron chi connectivity index (χ4n) is 3.99. The molecular formula is C36H26S6. The summed E-state index contributed by atoms with van der Waals surface area (Å²) in [5, 5.41) is 0. The van der Waals surface area contributed by atoms with Crippen LogP contribution in [0.15, 0.2) is 206 Å². The van der Waals surface area contributed by atoms with Crippen molar-refractivity contribution in [3.05, 3.63) is 152 Å². The van der Waals surface area contributed by atoms with E-state index >= 15 is 0 Å². The molecule has 0 aliphatic rings. The van der Waals surface area contributed by atoms with Crippen LogP contribution in [0.25, 0.3) is 0 Å². The Kier molecular flexibility index (Phi) is 10.3. The minimum atomic E-state index is 0.986. The van der Waals surface area contributed by atoms with E-state index in [0.717, 1.165) is 4.90 Å². The third-order valence-electron chi connectivity index (χ3n) is 6.05. The molecule has 0 saturated carbocycles. The number of benzene rings is 6. The fraction of sp³-hybridized carbons (Fsp3) is 0. The van der Waals surface area contributed by atoms with Crippen LogP contribution in [0, 0.1) is 0 Å². The smallest absolute Gasteiger partial charge is 0.0123 e. The molecule has 0 bridgehead atoms. The second-order valence-electron chi connectivity index (χ2n) is 9.20. The summed E-state index contributed by atoms with van der Waals surface area (Å²) in [4.78, 5) is 13.4. The quantitative estimate of drug-likeness (QED) is 0.146. The first-order valence-electron chi connectivity index (χ1n) is 13.3. The van der Waals surface area contributed by atoms with E-state index < -0.39 is 0 Å². The first kappa shape index (κ1) is 29.5. The summed E-state index contributed by atoms with van der Waals surface area (Å²) < 4.78 is 0. The van der Waals surface area contributed by atoms with Crippen LogP contribution in [0.4, 0.5) is 0 Å². The van der Waals surface area contributed by atoms with E-state index in [1.165, 1.54) is 49.0 Å². The lowest BCUT2D eigenvalue weighted by molar-refractivity contribution is 1.29. The highest BCUT2D eigenvalue weighted by Gasteiger charge is 2.04. The van der Waals surface area contributed by atoms with Crippen LogP contribution in [0.2, 0.25) is 0 Å². The Labute approximate surface area is 274 Å². The summed E-state index contributed by atoms with van der Waals surface area (Å²) in [6.07, 6.45) is 0. The number of hydrogen-bond donors (Lipinski definition) is 1. The zero-order valence-corrected chi connectivity index (χ0v) is 27.4. The summed E-state index contributed by atoms with van der Waals surface area (Å²) in [5.74, 6) is 0. The van der Waals surface area contributed by atoms with Crippen molar-refractivity contribution in [2.75, 3.05) is 0 Å². The van der Waals surface area contributed by atoms with Crippen molar-refractivity contribution in [1.29, 1.82) is 0 Å². The van der Waals surface area contributed by atoms with E-state index in [4.69, 9.17) is 0 Å². The van der Waals surface area contributed by atoms with E-state index in [9.17, 15) is 0 Å². The highest BCUT2D eigenvalue weighted by Crippen LogP contribution is 2.36. The summed E-state index contributed by atoms with van der Waals surface area (Å²) >= 11 is 13.3. The lowest BCUT2D eigenvalue weighted by Gasteiger charge is -2.07. The van der Waals surface area contributed by atoms with Crippen LogP contribution in [0.5, 0.6) is 0 Å². The molecule has 42 heavy (non-hydrogen) atoms. The van der Waals surface area contributed by atoms with Crippen molar-refractivity contribution in [3.63, 3.8) is 0 Å². The van der Waals surface area contributed by atoms with Crippen LogP contribution in [-0.2, 0) is 0 Å². The highest BCUT2D eigenvalue weighted by atomic mass is 32.2. The molecule has 6 aromatic carbocycles. The molecule has 6 heteroatoms. The maximum absolute atomic E-state index is 4.37. The molecule has 0 aliphatic heterocycles. The molecule has 0 aliphatic carbocycles. The van der Waals surface area contributed by atoms with E-state index in [1.807, 2.05) is 12.1 Å². The van der Waals surface area contributed by atoms with Crippen LogP contribution < -0.4 is 0 Å². The van der Waals surface area contributed by atoms with Crippen LogP contribution in [0.3, 0.4) is 0 Å². The van der Waals surface area contributed by atoms with Crippen LogP contribution in [-0.4, -0.2) is 0 Å². The topological polar surface area (TPSA) is 0 Å². The molecule has 0 atom stereocenters. The predicted octanol–water partition coefficient (Wildman–Crippen LogP) is 12.7. The molecule has 0 aromatic heterocycles. The van der Waals surface area contributed by atoms with Gasteiger partial charge in [0.05, 0.1) is 0 Å². The third kappa shape index (κ3) is 8.73. The normalized spacial score (nSPS) is 11.0. The van der Waals surface area contributed by atoms with Gasteiger partial charge in [-0.25, -0.2) is 0 Å². The average molecular weight is 651 g/mol. The van der Waals surface area contributed by atoms with Gasteiger partial charge < -0.3 is 0 Å². The molecular weight excluding hydrogens is 625 g/mol. The molecule has 206 valence electrons. The molecule has 0 unspecified atom stereocenters. The van der Waals surface area contributed by atoms with E-state index in [1.54, 1.807) is 58.8 Å². The van der Waals surface area contributed by atoms with Gasteiger partial charge in [0.15, 0.2) is 0 Å². The zero-order valence-electron chi connectivity index (χ0n) is 22.4. The van der Waals surface area contributed by atoms with Crippen molar-refractivity contribution in [3.8, 4) is 0 Å². The molecule has 0 nitrogen and oxygen atoms in total. The maximum Gasteiger partial charge on any atom is 0.0123 e. The van der Waals surface area contributed by atoms with Gasteiger partial charge in [-0.15, -0.1) is 12.6 Å².